The Morgan fingerprint density at radius 1 is 1.11 bits per heavy atom. The average molecular weight is 515 g/mol. The third-order valence-corrected chi connectivity index (χ3v) is 7.47. The molecule has 0 saturated carbocycles. The van der Waals surface area contributed by atoms with Crippen molar-refractivity contribution in [3.05, 3.63) is 59.8 Å². The Labute approximate surface area is 220 Å². The lowest BCUT2D eigenvalue weighted by molar-refractivity contribution is -0.146. The lowest BCUT2D eigenvalue weighted by Gasteiger charge is -2.27. The Hall–Kier alpha value is -2.32. The fraction of sp³-hybridized carbons (Fsp3) is 0.600. The number of cyclic esters (lactones) is 1. The van der Waals surface area contributed by atoms with Crippen molar-refractivity contribution in [3.63, 3.8) is 0 Å². The molecule has 7 heteroatoms. The van der Waals surface area contributed by atoms with E-state index in [4.69, 9.17) is 18.9 Å². The van der Waals surface area contributed by atoms with E-state index >= 15 is 0 Å². The molecule has 3 rings (SSSR count). The monoisotopic (exact) mass is 514 g/mol. The van der Waals surface area contributed by atoms with Crippen LogP contribution in [0.25, 0.3) is 0 Å². The molecule has 0 aromatic carbocycles. The number of carbonyl (C=O) groups is 2. The van der Waals surface area contributed by atoms with Crippen LogP contribution in [0.5, 0.6) is 0 Å². The summed E-state index contributed by atoms with van der Waals surface area (Å²) in [6.45, 7) is 11.0. The van der Waals surface area contributed by atoms with E-state index in [0.717, 1.165) is 0 Å². The van der Waals surface area contributed by atoms with Crippen LogP contribution in [0.15, 0.2) is 59.8 Å². The van der Waals surface area contributed by atoms with Crippen LogP contribution in [0.1, 0.15) is 54.4 Å². The van der Waals surface area contributed by atoms with E-state index < -0.39 is 35.6 Å². The quantitative estimate of drug-likeness (QED) is 0.338. The van der Waals surface area contributed by atoms with Gasteiger partial charge in [0.25, 0.3) is 0 Å². The Morgan fingerprint density at radius 3 is 2.43 bits per heavy atom. The summed E-state index contributed by atoms with van der Waals surface area (Å²) < 4.78 is 22.8. The van der Waals surface area contributed by atoms with Gasteiger partial charge in [0.15, 0.2) is 5.78 Å². The molecule has 9 unspecified atom stereocenters. The summed E-state index contributed by atoms with van der Waals surface area (Å²) in [5, 5.41) is 11.1. The molecule has 3 aliphatic rings. The molecule has 7 nitrogen and oxygen atoms in total. The number of epoxide rings is 2. The van der Waals surface area contributed by atoms with Crippen LogP contribution in [0, 0.1) is 11.8 Å². The number of allylic oxidation sites excluding steroid dienone is 4. The maximum atomic E-state index is 13.0. The summed E-state index contributed by atoms with van der Waals surface area (Å²) in [5.74, 6) is -1.48. The van der Waals surface area contributed by atoms with Gasteiger partial charge in [-0.15, -0.1) is 0 Å². The highest BCUT2D eigenvalue weighted by Gasteiger charge is 2.49. The van der Waals surface area contributed by atoms with Crippen LogP contribution in [0.2, 0.25) is 0 Å². The van der Waals surface area contributed by atoms with Gasteiger partial charge in [0.05, 0.1) is 24.4 Å². The summed E-state index contributed by atoms with van der Waals surface area (Å²) in [6.07, 6.45) is 14.2. The van der Waals surface area contributed by atoms with Crippen molar-refractivity contribution in [2.24, 2.45) is 11.8 Å². The SMILES string of the molecule is COC1/C=C/C2(C)OC2C/C=C/C=C(\C)C(=O)C(C)/C=C(\C)C(=O)OC(/C=C/C2OC2C)C(C)C(O)C1. The molecular weight excluding hydrogens is 472 g/mol. The molecule has 0 amide bonds. The molecule has 0 bridgehead atoms. The lowest BCUT2D eigenvalue weighted by Crippen LogP contribution is -2.35. The molecule has 0 aromatic rings. The van der Waals surface area contributed by atoms with Gasteiger partial charge < -0.3 is 24.1 Å². The highest BCUT2D eigenvalue weighted by atomic mass is 16.6. The molecule has 204 valence electrons. The Bertz CT molecular complexity index is 990. The van der Waals surface area contributed by atoms with E-state index in [1.165, 1.54) is 0 Å². The van der Waals surface area contributed by atoms with Gasteiger partial charge in [-0.3, -0.25) is 4.79 Å². The molecule has 3 aliphatic heterocycles. The van der Waals surface area contributed by atoms with Crippen molar-refractivity contribution in [1.82, 2.24) is 0 Å². The first-order chi connectivity index (χ1) is 17.4. The average Bonchev–Trinajstić information content (AvgIpc) is 3.75. The van der Waals surface area contributed by atoms with Crippen LogP contribution < -0.4 is 0 Å². The minimum absolute atomic E-state index is 0.0240. The number of aliphatic hydroxyl groups excluding tert-OH is 1. The van der Waals surface area contributed by atoms with Crippen molar-refractivity contribution in [2.75, 3.05) is 7.11 Å². The summed E-state index contributed by atoms with van der Waals surface area (Å²) in [5.41, 5.74) is 0.553. The summed E-state index contributed by atoms with van der Waals surface area (Å²) >= 11 is 0. The van der Waals surface area contributed by atoms with Gasteiger partial charge in [0.2, 0.25) is 0 Å². The van der Waals surface area contributed by atoms with Gasteiger partial charge >= 0.3 is 5.97 Å². The second-order valence-corrected chi connectivity index (χ2v) is 10.7. The first-order valence-corrected chi connectivity index (χ1v) is 13.1. The summed E-state index contributed by atoms with van der Waals surface area (Å²) in [7, 11) is 1.61. The second-order valence-electron chi connectivity index (χ2n) is 10.7. The molecule has 0 aliphatic carbocycles. The predicted octanol–water partition coefficient (Wildman–Crippen LogP) is 4.42. The molecule has 0 aromatic heterocycles. The number of hydrogen-bond donors (Lipinski definition) is 1. The molecule has 0 radical (unpaired) electrons. The van der Waals surface area contributed by atoms with Gasteiger partial charge in [0, 0.05) is 30.9 Å². The zero-order chi connectivity index (χ0) is 27.3. The van der Waals surface area contributed by atoms with E-state index in [-0.39, 0.29) is 30.2 Å². The van der Waals surface area contributed by atoms with Crippen LogP contribution in [0.4, 0.5) is 0 Å². The number of ketones is 1. The van der Waals surface area contributed by atoms with Crippen molar-refractivity contribution in [2.45, 2.75) is 96.6 Å². The number of Topliss-reactive ketones (excluding diaryl/α,β-unsaturated/α-hetero) is 1. The summed E-state index contributed by atoms with van der Waals surface area (Å²) in [4.78, 5) is 25.8. The zero-order valence-corrected chi connectivity index (χ0v) is 23.0. The van der Waals surface area contributed by atoms with Crippen LogP contribution in [0.3, 0.4) is 0 Å². The number of carbonyl (C=O) groups excluding carboxylic acids is 2. The number of aliphatic hydroxyl groups is 1. The first-order valence-electron chi connectivity index (χ1n) is 13.1. The maximum Gasteiger partial charge on any atom is 0.334 e. The van der Waals surface area contributed by atoms with E-state index in [9.17, 15) is 14.7 Å². The lowest BCUT2D eigenvalue weighted by atomic mass is 9.92. The van der Waals surface area contributed by atoms with Crippen LogP contribution >= 0.6 is 0 Å². The van der Waals surface area contributed by atoms with Crippen LogP contribution in [-0.4, -0.2) is 66.2 Å². The first kappa shape index (κ1) is 29.2. The molecular formula is C30H42O7. The van der Waals surface area contributed by atoms with Crippen molar-refractivity contribution in [3.8, 4) is 0 Å². The van der Waals surface area contributed by atoms with Gasteiger partial charge in [0.1, 0.15) is 17.8 Å². The standard InChI is InChI=1S/C30H42O7/c1-18-10-8-9-11-27-30(6,37-27)15-14-23(34-7)17-24(31)21(4)25(12-13-26-22(5)35-26)36-29(33)20(3)16-19(2)28(18)32/h8-10,12-16,19,21-27,31H,11,17H2,1-7H3/b9-8+,13-12+,15-14+,18-10+,20-16+. The second kappa shape index (κ2) is 12.5. The van der Waals surface area contributed by atoms with E-state index in [1.54, 1.807) is 46.1 Å². The normalized spacial score (nSPS) is 44.5. The number of hydrogen-bond acceptors (Lipinski definition) is 7. The van der Waals surface area contributed by atoms with Gasteiger partial charge in [-0.2, -0.15) is 0 Å². The number of fused-ring (bicyclic) bond motifs is 1. The minimum atomic E-state index is -0.801. The van der Waals surface area contributed by atoms with Crippen molar-refractivity contribution in [1.29, 1.82) is 0 Å². The van der Waals surface area contributed by atoms with E-state index in [2.05, 4.69) is 0 Å². The molecule has 2 saturated heterocycles. The van der Waals surface area contributed by atoms with Gasteiger partial charge in [-0.1, -0.05) is 56.4 Å². The number of esters is 1. The fourth-order valence-electron chi connectivity index (χ4n) is 4.46. The van der Waals surface area contributed by atoms with E-state index in [0.29, 0.717) is 24.0 Å². The minimum Gasteiger partial charge on any atom is -0.454 e. The van der Waals surface area contributed by atoms with E-state index in [1.807, 2.05) is 51.2 Å². The topological polar surface area (TPSA) is 97.9 Å². The molecule has 9 atom stereocenters. The largest absolute Gasteiger partial charge is 0.454 e. The molecule has 2 fully saturated rings. The summed E-state index contributed by atoms with van der Waals surface area (Å²) in [6, 6.07) is 0. The third kappa shape index (κ3) is 8.08. The Balaban J connectivity index is 1.87. The highest BCUT2D eigenvalue weighted by Crippen LogP contribution is 2.40. The zero-order valence-electron chi connectivity index (χ0n) is 23.0. The Morgan fingerprint density at radius 2 is 1.78 bits per heavy atom. The van der Waals surface area contributed by atoms with Crippen molar-refractivity contribution >= 4 is 11.8 Å². The smallest absolute Gasteiger partial charge is 0.334 e. The Kier molecular flexibility index (Phi) is 9.86. The third-order valence-electron chi connectivity index (χ3n) is 7.47. The predicted molar refractivity (Wildman–Crippen MR) is 142 cm³/mol. The van der Waals surface area contributed by atoms with Gasteiger partial charge in [-0.25, -0.2) is 4.79 Å². The van der Waals surface area contributed by atoms with Crippen molar-refractivity contribution < 1.29 is 33.6 Å². The maximum absolute atomic E-state index is 13.0. The fourth-order valence-corrected chi connectivity index (χ4v) is 4.46. The molecule has 37 heavy (non-hydrogen) atoms. The van der Waals surface area contributed by atoms with Gasteiger partial charge in [-0.05, 0) is 45.8 Å². The highest BCUT2D eigenvalue weighted by molar-refractivity contribution is 5.99. The number of ether oxygens (including phenoxy) is 4. The molecule has 3 heterocycles. The molecule has 0 spiro atoms. The molecule has 1 N–H and O–H groups in total. The van der Waals surface area contributed by atoms with Crippen LogP contribution in [-0.2, 0) is 28.5 Å². The number of rotatable bonds is 3. The number of methoxy groups -OCH3 is 1.